The van der Waals surface area contributed by atoms with Gasteiger partial charge in [0, 0.05) is 35.8 Å². The third-order valence-corrected chi connectivity index (χ3v) is 6.81. The SMILES string of the molecule is CNC(=O)[C@H](Cc1ccccc1)N(Cc1ccc(Cl)cc1)C(=O)CSCc1ccccc1Cl. The Morgan fingerprint density at radius 1 is 0.909 bits per heavy atom. The molecule has 0 spiro atoms. The summed E-state index contributed by atoms with van der Waals surface area (Å²) in [6, 6.07) is 24.0. The Kier molecular flexibility index (Phi) is 9.67. The lowest BCUT2D eigenvalue weighted by molar-refractivity contribution is -0.139. The lowest BCUT2D eigenvalue weighted by Crippen LogP contribution is -2.50. The standard InChI is InChI=1S/C26H26Cl2N2O2S/c1-29-26(32)24(15-19-7-3-2-4-8-19)30(16-20-11-13-22(27)14-12-20)25(31)18-33-17-21-9-5-6-10-23(21)28/h2-14,24H,15-18H2,1H3,(H,29,32)/t24-/m0/s1. The van der Waals surface area contributed by atoms with E-state index in [1.54, 1.807) is 24.1 Å². The maximum absolute atomic E-state index is 13.4. The molecule has 0 fully saturated rings. The van der Waals surface area contributed by atoms with Crippen molar-refractivity contribution in [2.75, 3.05) is 12.8 Å². The van der Waals surface area contributed by atoms with Crippen molar-refractivity contribution >= 4 is 46.8 Å². The van der Waals surface area contributed by atoms with Crippen LogP contribution in [0.5, 0.6) is 0 Å². The van der Waals surface area contributed by atoms with Gasteiger partial charge in [0.1, 0.15) is 6.04 Å². The number of benzene rings is 3. The molecule has 1 N–H and O–H groups in total. The van der Waals surface area contributed by atoms with Crippen LogP contribution in [0.1, 0.15) is 16.7 Å². The summed E-state index contributed by atoms with van der Waals surface area (Å²) in [5.41, 5.74) is 2.88. The first kappa shape index (κ1) is 25.2. The molecule has 7 heteroatoms. The number of amides is 2. The van der Waals surface area contributed by atoms with Gasteiger partial charge in [0.25, 0.3) is 0 Å². The van der Waals surface area contributed by atoms with Gasteiger partial charge in [-0.15, -0.1) is 11.8 Å². The summed E-state index contributed by atoms with van der Waals surface area (Å²) in [7, 11) is 1.59. The molecule has 1 atom stereocenters. The summed E-state index contributed by atoms with van der Waals surface area (Å²) < 4.78 is 0. The Balaban J connectivity index is 1.80. The van der Waals surface area contributed by atoms with Crippen molar-refractivity contribution in [2.45, 2.75) is 24.8 Å². The first-order valence-electron chi connectivity index (χ1n) is 10.6. The topological polar surface area (TPSA) is 49.4 Å². The van der Waals surface area contributed by atoms with E-state index in [2.05, 4.69) is 5.32 Å². The van der Waals surface area contributed by atoms with Crippen LogP contribution in [0.25, 0.3) is 0 Å². The predicted molar refractivity (Wildman–Crippen MR) is 138 cm³/mol. The minimum atomic E-state index is -0.638. The Morgan fingerprint density at radius 3 is 2.24 bits per heavy atom. The number of thioether (sulfide) groups is 1. The minimum Gasteiger partial charge on any atom is -0.357 e. The van der Waals surface area contributed by atoms with Gasteiger partial charge in [-0.3, -0.25) is 9.59 Å². The molecule has 0 bridgehead atoms. The van der Waals surface area contributed by atoms with Crippen LogP contribution in [0.2, 0.25) is 10.0 Å². The third kappa shape index (κ3) is 7.53. The molecule has 0 unspecified atom stereocenters. The van der Waals surface area contributed by atoms with Crippen molar-refractivity contribution in [2.24, 2.45) is 0 Å². The van der Waals surface area contributed by atoms with Crippen LogP contribution in [0.15, 0.2) is 78.9 Å². The number of rotatable bonds is 10. The average molecular weight is 501 g/mol. The fourth-order valence-electron chi connectivity index (χ4n) is 3.45. The molecule has 4 nitrogen and oxygen atoms in total. The molecule has 0 aliphatic carbocycles. The van der Waals surface area contributed by atoms with E-state index in [-0.39, 0.29) is 17.6 Å². The van der Waals surface area contributed by atoms with Crippen molar-refractivity contribution in [3.63, 3.8) is 0 Å². The maximum atomic E-state index is 13.4. The van der Waals surface area contributed by atoms with Gasteiger partial charge in [-0.2, -0.15) is 0 Å². The third-order valence-electron chi connectivity index (χ3n) is 5.22. The number of hydrogen-bond acceptors (Lipinski definition) is 3. The molecule has 0 aromatic heterocycles. The smallest absolute Gasteiger partial charge is 0.242 e. The highest BCUT2D eigenvalue weighted by atomic mass is 35.5. The van der Waals surface area contributed by atoms with E-state index in [0.717, 1.165) is 16.7 Å². The van der Waals surface area contributed by atoms with E-state index in [4.69, 9.17) is 23.2 Å². The highest BCUT2D eigenvalue weighted by Crippen LogP contribution is 2.22. The molecular formula is C26H26Cl2N2O2S. The second-order valence-corrected chi connectivity index (χ2v) is 9.38. The average Bonchev–Trinajstić information content (AvgIpc) is 2.83. The molecule has 3 aromatic rings. The Labute approximate surface area is 209 Å². The van der Waals surface area contributed by atoms with Crippen LogP contribution < -0.4 is 5.32 Å². The number of carbonyl (C=O) groups is 2. The molecule has 3 rings (SSSR count). The minimum absolute atomic E-state index is 0.105. The van der Waals surface area contributed by atoms with Crippen LogP contribution in [-0.2, 0) is 28.3 Å². The molecule has 0 saturated carbocycles. The van der Waals surface area contributed by atoms with Gasteiger partial charge < -0.3 is 10.2 Å². The van der Waals surface area contributed by atoms with E-state index < -0.39 is 6.04 Å². The Bertz CT molecular complexity index is 1060. The van der Waals surface area contributed by atoms with Gasteiger partial charge in [0.2, 0.25) is 11.8 Å². The molecule has 0 saturated heterocycles. The van der Waals surface area contributed by atoms with Gasteiger partial charge in [-0.05, 0) is 34.9 Å². The second kappa shape index (κ2) is 12.7. The van der Waals surface area contributed by atoms with Gasteiger partial charge in [0.05, 0.1) is 5.75 Å². The van der Waals surface area contributed by atoms with Crippen molar-refractivity contribution in [1.29, 1.82) is 0 Å². The van der Waals surface area contributed by atoms with Crippen LogP contribution in [0.4, 0.5) is 0 Å². The molecule has 2 amide bonds. The molecule has 172 valence electrons. The fourth-order valence-corrected chi connectivity index (χ4v) is 4.78. The van der Waals surface area contributed by atoms with Crippen molar-refractivity contribution in [1.82, 2.24) is 10.2 Å². The molecule has 3 aromatic carbocycles. The van der Waals surface area contributed by atoms with Gasteiger partial charge in [-0.1, -0.05) is 83.9 Å². The summed E-state index contributed by atoms with van der Waals surface area (Å²) in [6.07, 6.45) is 0.426. The van der Waals surface area contributed by atoms with Gasteiger partial charge in [-0.25, -0.2) is 0 Å². The van der Waals surface area contributed by atoms with Crippen LogP contribution in [-0.4, -0.2) is 35.6 Å². The van der Waals surface area contributed by atoms with Crippen molar-refractivity contribution in [3.8, 4) is 0 Å². The number of likely N-dealkylation sites (N-methyl/N-ethyl adjacent to an activating group) is 1. The summed E-state index contributed by atoms with van der Waals surface area (Å²) in [4.78, 5) is 28.0. The Morgan fingerprint density at radius 2 is 1.58 bits per heavy atom. The number of nitrogens with zero attached hydrogens (tertiary/aromatic N) is 1. The quantitative estimate of drug-likeness (QED) is 0.393. The monoisotopic (exact) mass is 500 g/mol. The van der Waals surface area contributed by atoms with Crippen LogP contribution in [0, 0.1) is 0 Å². The normalized spacial score (nSPS) is 11.6. The van der Waals surface area contributed by atoms with E-state index in [1.807, 2.05) is 66.7 Å². The highest BCUT2D eigenvalue weighted by molar-refractivity contribution is 7.99. The predicted octanol–water partition coefficient (Wildman–Crippen LogP) is 5.61. The molecule has 33 heavy (non-hydrogen) atoms. The number of carbonyl (C=O) groups excluding carboxylic acids is 2. The summed E-state index contributed by atoms with van der Waals surface area (Å²) in [5, 5.41) is 4.03. The zero-order valence-corrected chi connectivity index (χ0v) is 20.7. The van der Waals surface area contributed by atoms with Crippen LogP contribution in [0.3, 0.4) is 0 Å². The lowest BCUT2D eigenvalue weighted by Gasteiger charge is -2.31. The Hall–Kier alpha value is -2.47. The zero-order chi connectivity index (χ0) is 23.6. The summed E-state index contributed by atoms with van der Waals surface area (Å²) in [5.74, 6) is 0.550. The molecule has 0 heterocycles. The highest BCUT2D eigenvalue weighted by Gasteiger charge is 2.29. The van der Waals surface area contributed by atoms with E-state index in [1.165, 1.54) is 11.8 Å². The molecular weight excluding hydrogens is 475 g/mol. The van der Waals surface area contributed by atoms with E-state index >= 15 is 0 Å². The summed E-state index contributed by atoms with van der Waals surface area (Å²) >= 11 is 13.8. The molecule has 0 radical (unpaired) electrons. The number of hydrogen-bond donors (Lipinski definition) is 1. The number of nitrogens with one attached hydrogen (secondary N) is 1. The fraction of sp³-hybridized carbons (Fsp3) is 0.231. The zero-order valence-electron chi connectivity index (χ0n) is 18.3. The number of halogens is 2. The second-order valence-electron chi connectivity index (χ2n) is 7.55. The summed E-state index contributed by atoms with van der Waals surface area (Å²) in [6.45, 7) is 0.313. The van der Waals surface area contributed by atoms with Gasteiger partial charge in [0.15, 0.2) is 0 Å². The van der Waals surface area contributed by atoms with E-state index in [9.17, 15) is 9.59 Å². The maximum Gasteiger partial charge on any atom is 0.242 e. The first-order valence-corrected chi connectivity index (χ1v) is 12.5. The van der Waals surface area contributed by atoms with Gasteiger partial charge >= 0.3 is 0 Å². The lowest BCUT2D eigenvalue weighted by atomic mass is 10.0. The largest absolute Gasteiger partial charge is 0.357 e. The molecule has 0 aliphatic rings. The van der Waals surface area contributed by atoms with Crippen molar-refractivity contribution < 1.29 is 9.59 Å². The first-order chi connectivity index (χ1) is 16.0. The van der Waals surface area contributed by atoms with Crippen LogP contribution >= 0.6 is 35.0 Å². The van der Waals surface area contributed by atoms with E-state index in [0.29, 0.717) is 28.8 Å². The molecule has 0 aliphatic heterocycles. The van der Waals surface area contributed by atoms with Crippen molar-refractivity contribution in [3.05, 3.63) is 106 Å².